The maximum Gasteiger partial charge on any atom is 0.462 e. The summed E-state index contributed by atoms with van der Waals surface area (Å²) in [7, 11) is 0. The van der Waals surface area contributed by atoms with Crippen LogP contribution in [0.2, 0.25) is 0 Å². The standard InChI is InChI=1S/C10H6BrF7N2/c11-7-3-1-2-6(4-7)5-19-20-10(17,18)8(12,13)9(14,15)16/h1-5,20H/b19-5+. The van der Waals surface area contributed by atoms with Gasteiger partial charge in [0.05, 0.1) is 6.21 Å². The minimum atomic E-state index is -6.39. The quantitative estimate of drug-likeness (QED) is 0.368. The van der Waals surface area contributed by atoms with Crippen molar-refractivity contribution in [1.29, 1.82) is 0 Å². The van der Waals surface area contributed by atoms with Crippen LogP contribution < -0.4 is 5.43 Å². The van der Waals surface area contributed by atoms with E-state index in [-0.39, 0.29) is 5.56 Å². The maximum absolute atomic E-state index is 12.8. The molecule has 0 fully saturated rings. The number of hydrazone groups is 1. The summed E-state index contributed by atoms with van der Waals surface area (Å²) in [6.45, 7) is 0. The molecular weight excluding hydrogens is 361 g/mol. The lowest BCUT2D eigenvalue weighted by molar-refractivity contribution is -0.361. The summed E-state index contributed by atoms with van der Waals surface area (Å²) in [6, 6.07) is 0.306. The zero-order valence-corrected chi connectivity index (χ0v) is 10.9. The van der Waals surface area contributed by atoms with Crippen molar-refractivity contribution in [2.24, 2.45) is 5.10 Å². The largest absolute Gasteiger partial charge is 0.462 e. The molecule has 0 radical (unpaired) electrons. The predicted octanol–water partition coefficient (Wildman–Crippen LogP) is 4.16. The molecular formula is C10H6BrF7N2. The zero-order valence-electron chi connectivity index (χ0n) is 9.36. The Hall–Kier alpha value is -1.32. The van der Waals surface area contributed by atoms with E-state index < -0.39 is 18.1 Å². The van der Waals surface area contributed by atoms with E-state index >= 15 is 0 Å². The van der Waals surface area contributed by atoms with E-state index in [0.29, 0.717) is 16.1 Å². The van der Waals surface area contributed by atoms with Crippen molar-refractivity contribution in [3.05, 3.63) is 34.3 Å². The summed E-state index contributed by atoms with van der Waals surface area (Å²) in [5, 5.41) is 2.71. The monoisotopic (exact) mass is 366 g/mol. The molecule has 0 aromatic heterocycles. The van der Waals surface area contributed by atoms with Crippen molar-refractivity contribution in [2.45, 2.75) is 18.1 Å². The molecule has 0 atom stereocenters. The van der Waals surface area contributed by atoms with E-state index in [2.05, 4.69) is 21.0 Å². The Morgan fingerprint density at radius 2 is 1.65 bits per heavy atom. The molecule has 1 N–H and O–H groups in total. The van der Waals surface area contributed by atoms with Crippen molar-refractivity contribution >= 4 is 22.1 Å². The Morgan fingerprint density at radius 3 is 2.15 bits per heavy atom. The first kappa shape index (κ1) is 16.7. The van der Waals surface area contributed by atoms with Gasteiger partial charge in [0.15, 0.2) is 0 Å². The molecule has 0 aliphatic carbocycles. The van der Waals surface area contributed by atoms with Gasteiger partial charge in [0.1, 0.15) is 0 Å². The zero-order chi connectivity index (χ0) is 15.6. The first-order valence-electron chi connectivity index (χ1n) is 4.85. The average Bonchev–Trinajstić information content (AvgIpc) is 2.27. The lowest BCUT2D eigenvalue weighted by atomic mass is 10.2. The lowest BCUT2D eigenvalue weighted by Crippen LogP contribution is -2.58. The number of hydrogen-bond acceptors (Lipinski definition) is 2. The van der Waals surface area contributed by atoms with Crippen molar-refractivity contribution in [3.8, 4) is 0 Å². The van der Waals surface area contributed by atoms with Gasteiger partial charge in [-0.05, 0) is 17.7 Å². The molecule has 0 aliphatic rings. The predicted molar refractivity (Wildman–Crippen MR) is 60.8 cm³/mol. The number of alkyl halides is 7. The van der Waals surface area contributed by atoms with E-state index in [4.69, 9.17) is 0 Å². The number of hydrogen-bond donors (Lipinski definition) is 1. The van der Waals surface area contributed by atoms with Gasteiger partial charge in [0.2, 0.25) is 0 Å². The first-order valence-corrected chi connectivity index (χ1v) is 5.65. The van der Waals surface area contributed by atoms with E-state index in [9.17, 15) is 30.7 Å². The molecule has 0 saturated carbocycles. The molecule has 1 aromatic carbocycles. The molecule has 112 valence electrons. The number of nitrogens with one attached hydrogen (secondary N) is 1. The van der Waals surface area contributed by atoms with Gasteiger partial charge in [-0.25, -0.2) is 5.43 Å². The Labute approximate surface area is 116 Å². The first-order chi connectivity index (χ1) is 8.97. The SMILES string of the molecule is FC(F)(F)C(F)(F)C(F)(F)N/N=C/c1cccc(Br)c1. The van der Waals surface area contributed by atoms with Crippen LogP contribution in [0.15, 0.2) is 33.8 Å². The minimum absolute atomic E-state index is 0.220. The molecule has 0 heterocycles. The lowest BCUT2D eigenvalue weighted by Gasteiger charge is -2.27. The third-order valence-corrected chi connectivity index (χ3v) is 2.51. The second-order valence-corrected chi connectivity index (χ2v) is 4.49. The molecule has 0 spiro atoms. The van der Waals surface area contributed by atoms with Crippen LogP contribution in [0.1, 0.15) is 5.56 Å². The van der Waals surface area contributed by atoms with Crippen LogP contribution in [0.5, 0.6) is 0 Å². The van der Waals surface area contributed by atoms with Crippen LogP contribution in [-0.4, -0.2) is 24.4 Å². The van der Waals surface area contributed by atoms with E-state index in [1.807, 2.05) is 0 Å². The highest BCUT2D eigenvalue weighted by Gasteiger charge is 2.73. The molecule has 0 unspecified atom stereocenters. The Balaban J connectivity index is 2.82. The summed E-state index contributed by atoms with van der Waals surface area (Å²) in [5.74, 6) is -6.24. The highest BCUT2D eigenvalue weighted by Crippen LogP contribution is 2.44. The van der Waals surface area contributed by atoms with Crippen LogP contribution in [0.25, 0.3) is 0 Å². The molecule has 0 saturated heterocycles. The van der Waals surface area contributed by atoms with E-state index in [1.54, 1.807) is 6.07 Å². The summed E-state index contributed by atoms with van der Waals surface area (Å²) in [4.78, 5) is 0. The van der Waals surface area contributed by atoms with Crippen molar-refractivity contribution < 1.29 is 30.7 Å². The van der Waals surface area contributed by atoms with Gasteiger partial charge in [-0.1, -0.05) is 28.1 Å². The summed E-state index contributed by atoms with van der Waals surface area (Å²) in [6.07, 6.45) is -5.71. The fraction of sp³-hybridized carbons (Fsp3) is 0.300. The van der Waals surface area contributed by atoms with E-state index in [1.165, 1.54) is 18.2 Å². The van der Waals surface area contributed by atoms with Crippen molar-refractivity contribution in [3.63, 3.8) is 0 Å². The van der Waals surface area contributed by atoms with Crippen molar-refractivity contribution in [1.82, 2.24) is 5.43 Å². The van der Waals surface area contributed by atoms with Gasteiger partial charge in [-0.15, -0.1) is 0 Å². The van der Waals surface area contributed by atoms with Crippen LogP contribution in [0, 0.1) is 0 Å². The summed E-state index contributed by atoms with van der Waals surface area (Å²) < 4.78 is 86.5. The number of rotatable bonds is 4. The molecule has 20 heavy (non-hydrogen) atoms. The smallest absolute Gasteiger partial charge is 0.242 e. The number of nitrogens with zero attached hydrogens (tertiary/aromatic N) is 1. The molecule has 0 aliphatic heterocycles. The third kappa shape index (κ3) is 3.62. The molecule has 0 amide bonds. The normalized spacial score (nSPS) is 13.8. The molecule has 0 bridgehead atoms. The average molecular weight is 367 g/mol. The third-order valence-electron chi connectivity index (χ3n) is 2.02. The maximum atomic E-state index is 12.8. The summed E-state index contributed by atoms with van der Waals surface area (Å²) >= 11 is 3.05. The minimum Gasteiger partial charge on any atom is -0.242 e. The van der Waals surface area contributed by atoms with Crippen LogP contribution >= 0.6 is 15.9 Å². The second kappa shape index (κ2) is 5.58. The van der Waals surface area contributed by atoms with Crippen molar-refractivity contribution in [2.75, 3.05) is 0 Å². The Kier molecular flexibility index (Phi) is 4.67. The van der Waals surface area contributed by atoms with Crippen LogP contribution in [0.3, 0.4) is 0 Å². The van der Waals surface area contributed by atoms with Gasteiger partial charge >= 0.3 is 18.1 Å². The topological polar surface area (TPSA) is 24.4 Å². The van der Waals surface area contributed by atoms with Crippen LogP contribution in [0.4, 0.5) is 30.7 Å². The highest BCUT2D eigenvalue weighted by atomic mass is 79.9. The van der Waals surface area contributed by atoms with Gasteiger partial charge in [-0.2, -0.15) is 35.8 Å². The molecule has 2 nitrogen and oxygen atoms in total. The van der Waals surface area contributed by atoms with Gasteiger partial charge in [0, 0.05) is 4.47 Å². The van der Waals surface area contributed by atoms with Gasteiger partial charge in [-0.3, -0.25) is 0 Å². The molecule has 10 heteroatoms. The fourth-order valence-electron chi connectivity index (χ4n) is 1.02. The molecule has 1 rings (SSSR count). The van der Waals surface area contributed by atoms with Gasteiger partial charge < -0.3 is 0 Å². The fourth-order valence-corrected chi connectivity index (χ4v) is 1.44. The Bertz CT molecular complexity index is 499. The second-order valence-electron chi connectivity index (χ2n) is 3.57. The highest BCUT2D eigenvalue weighted by molar-refractivity contribution is 9.10. The summed E-state index contributed by atoms with van der Waals surface area (Å²) in [5.41, 5.74) is 0.745. The van der Waals surface area contributed by atoms with Crippen LogP contribution in [-0.2, 0) is 0 Å². The number of halogens is 8. The van der Waals surface area contributed by atoms with Gasteiger partial charge in [0.25, 0.3) is 0 Å². The Morgan fingerprint density at radius 1 is 1.05 bits per heavy atom. The van der Waals surface area contributed by atoms with E-state index in [0.717, 1.165) is 0 Å². The molecule has 1 aromatic rings. The number of benzene rings is 1.